The second-order valence-corrected chi connectivity index (χ2v) is 6.12. The number of hydrogen-bond donors (Lipinski definition) is 0. The Morgan fingerprint density at radius 3 is 2.29 bits per heavy atom. The molecule has 0 atom stereocenters. The molecule has 72 valence electrons. The van der Waals surface area contributed by atoms with Crippen LogP contribution in [0.5, 0.6) is 0 Å². The fourth-order valence-electron chi connectivity index (χ4n) is 1.09. The minimum absolute atomic E-state index is 1.05. The molecule has 0 saturated heterocycles. The van der Waals surface area contributed by atoms with Gasteiger partial charge in [0.1, 0.15) is 5.01 Å². The van der Waals surface area contributed by atoms with Crippen LogP contribution in [0, 0.1) is 6.92 Å². The van der Waals surface area contributed by atoms with E-state index in [4.69, 9.17) is 0 Å². The Kier molecular flexibility index (Phi) is 3.04. The summed E-state index contributed by atoms with van der Waals surface area (Å²) in [6, 6.07) is 8.18. The van der Waals surface area contributed by atoms with Gasteiger partial charge in [-0.25, -0.2) is 4.98 Å². The Morgan fingerprint density at radius 1 is 1.14 bits per heavy atom. The van der Waals surface area contributed by atoms with Crippen LogP contribution in [-0.4, -0.2) is 4.98 Å². The van der Waals surface area contributed by atoms with Crippen LogP contribution in [0.4, 0.5) is 0 Å². The van der Waals surface area contributed by atoms with Crippen LogP contribution in [-0.2, 0) is 0 Å². The van der Waals surface area contributed by atoms with E-state index in [0.29, 0.717) is 0 Å². The third kappa shape index (κ3) is 2.07. The number of hydrogen-bond acceptors (Lipinski definition) is 2. The van der Waals surface area contributed by atoms with E-state index in [1.54, 1.807) is 11.3 Å². The lowest BCUT2D eigenvalue weighted by Gasteiger charge is -1.95. The van der Waals surface area contributed by atoms with Gasteiger partial charge in [0, 0.05) is 10.0 Å². The van der Waals surface area contributed by atoms with Gasteiger partial charge in [0.05, 0.1) is 9.48 Å². The number of thiazole rings is 1. The van der Waals surface area contributed by atoms with Crippen LogP contribution in [0.1, 0.15) is 5.69 Å². The molecule has 1 aromatic heterocycles. The maximum absolute atomic E-state index is 4.47. The van der Waals surface area contributed by atoms with Crippen molar-refractivity contribution >= 4 is 43.2 Å². The highest BCUT2D eigenvalue weighted by molar-refractivity contribution is 9.11. The summed E-state index contributed by atoms with van der Waals surface area (Å²) in [5.41, 5.74) is 2.21. The van der Waals surface area contributed by atoms with Gasteiger partial charge in [0.15, 0.2) is 0 Å². The molecule has 0 N–H and O–H groups in total. The third-order valence-corrected chi connectivity index (χ3v) is 4.41. The lowest BCUT2D eigenvalue weighted by molar-refractivity contribution is 1.26. The molecule has 4 heteroatoms. The molecule has 0 fully saturated rings. The Morgan fingerprint density at radius 2 is 1.79 bits per heavy atom. The average molecular weight is 333 g/mol. The van der Waals surface area contributed by atoms with Gasteiger partial charge in [-0.1, -0.05) is 28.1 Å². The lowest BCUT2D eigenvalue weighted by atomic mass is 10.2. The molecule has 2 aromatic rings. The minimum Gasteiger partial charge on any atom is -0.240 e. The van der Waals surface area contributed by atoms with Crippen molar-refractivity contribution in [3.8, 4) is 10.6 Å². The van der Waals surface area contributed by atoms with Gasteiger partial charge in [0.25, 0.3) is 0 Å². The number of benzene rings is 1. The first-order chi connectivity index (χ1) is 6.66. The van der Waals surface area contributed by atoms with Gasteiger partial charge in [-0.15, -0.1) is 11.3 Å². The molecule has 1 nitrogen and oxygen atoms in total. The predicted molar refractivity (Wildman–Crippen MR) is 67.7 cm³/mol. The molecule has 0 radical (unpaired) electrons. The molecule has 0 amide bonds. The highest BCUT2D eigenvalue weighted by atomic mass is 79.9. The molecule has 1 heterocycles. The topological polar surface area (TPSA) is 12.9 Å². The number of aryl methyl sites for hydroxylation is 1. The van der Waals surface area contributed by atoms with Gasteiger partial charge in [-0.05, 0) is 35.0 Å². The average Bonchev–Trinajstić information content (AvgIpc) is 2.48. The van der Waals surface area contributed by atoms with Crippen LogP contribution in [0.25, 0.3) is 10.6 Å². The first-order valence-corrected chi connectivity index (χ1v) is 6.46. The van der Waals surface area contributed by atoms with Crippen molar-refractivity contribution in [3.63, 3.8) is 0 Å². The van der Waals surface area contributed by atoms with Gasteiger partial charge < -0.3 is 0 Å². The van der Waals surface area contributed by atoms with Crippen molar-refractivity contribution in [2.24, 2.45) is 0 Å². The summed E-state index contributed by atoms with van der Waals surface area (Å²) in [5.74, 6) is 0. The highest BCUT2D eigenvalue weighted by Gasteiger charge is 2.06. The zero-order valence-electron chi connectivity index (χ0n) is 7.42. The van der Waals surface area contributed by atoms with Crippen LogP contribution in [0.2, 0.25) is 0 Å². The fraction of sp³-hybridized carbons (Fsp3) is 0.100. The van der Waals surface area contributed by atoms with E-state index in [1.807, 2.05) is 19.1 Å². The normalized spacial score (nSPS) is 10.5. The maximum atomic E-state index is 4.47. The van der Waals surface area contributed by atoms with Crippen molar-refractivity contribution in [1.29, 1.82) is 0 Å². The molecule has 0 aliphatic heterocycles. The van der Waals surface area contributed by atoms with Crippen molar-refractivity contribution in [1.82, 2.24) is 4.98 Å². The number of aromatic nitrogens is 1. The lowest BCUT2D eigenvalue weighted by Crippen LogP contribution is -1.76. The molecule has 0 bridgehead atoms. The van der Waals surface area contributed by atoms with Crippen molar-refractivity contribution in [2.45, 2.75) is 6.92 Å². The monoisotopic (exact) mass is 331 g/mol. The van der Waals surface area contributed by atoms with E-state index in [9.17, 15) is 0 Å². The second kappa shape index (κ2) is 4.13. The molecule has 0 unspecified atom stereocenters. The van der Waals surface area contributed by atoms with Crippen molar-refractivity contribution < 1.29 is 0 Å². The highest BCUT2D eigenvalue weighted by Crippen LogP contribution is 2.31. The van der Waals surface area contributed by atoms with E-state index >= 15 is 0 Å². The van der Waals surface area contributed by atoms with Crippen molar-refractivity contribution in [2.75, 3.05) is 0 Å². The first kappa shape index (κ1) is 10.3. The van der Waals surface area contributed by atoms with E-state index < -0.39 is 0 Å². The van der Waals surface area contributed by atoms with E-state index in [1.165, 1.54) is 0 Å². The smallest absolute Gasteiger partial charge is 0.124 e. The Balaban J connectivity index is 2.44. The van der Waals surface area contributed by atoms with Gasteiger partial charge >= 0.3 is 0 Å². The van der Waals surface area contributed by atoms with Crippen LogP contribution < -0.4 is 0 Å². The Bertz CT molecular complexity index is 428. The molecule has 0 spiro atoms. The van der Waals surface area contributed by atoms with E-state index in [2.05, 4.69) is 49.0 Å². The summed E-state index contributed by atoms with van der Waals surface area (Å²) >= 11 is 8.55. The maximum Gasteiger partial charge on any atom is 0.124 e. The predicted octanol–water partition coefficient (Wildman–Crippen LogP) is 4.64. The number of nitrogens with zero attached hydrogens (tertiary/aromatic N) is 1. The minimum atomic E-state index is 1.05. The molecule has 0 aliphatic carbocycles. The van der Waals surface area contributed by atoms with Gasteiger partial charge in [-0.2, -0.15) is 0 Å². The van der Waals surface area contributed by atoms with E-state index in [-0.39, 0.29) is 0 Å². The molecule has 1 aromatic carbocycles. The summed E-state index contributed by atoms with van der Waals surface area (Å²) in [6.07, 6.45) is 0. The Hall–Kier alpha value is -0.190. The summed E-state index contributed by atoms with van der Waals surface area (Å²) in [7, 11) is 0. The third-order valence-electron chi connectivity index (χ3n) is 1.83. The molecule has 0 aliphatic rings. The zero-order chi connectivity index (χ0) is 10.1. The number of rotatable bonds is 1. The fourth-order valence-corrected chi connectivity index (χ4v) is 2.71. The van der Waals surface area contributed by atoms with E-state index in [0.717, 1.165) is 24.5 Å². The molecular formula is C10H7Br2NS. The summed E-state index contributed by atoms with van der Waals surface area (Å²) in [5, 5.41) is 1.06. The van der Waals surface area contributed by atoms with Crippen LogP contribution in [0.15, 0.2) is 32.5 Å². The molecule has 0 saturated carbocycles. The first-order valence-electron chi connectivity index (χ1n) is 4.05. The van der Waals surface area contributed by atoms with Gasteiger partial charge in [0.2, 0.25) is 0 Å². The zero-order valence-corrected chi connectivity index (χ0v) is 11.4. The van der Waals surface area contributed by atoms with Crippen molar-refractivity contribution in [3.05, 3.63) is 38.2 Å². The summed E-state index contributed by atoms with van der Waals surface area (Å²) in [4.78, 5) is 4.47. The second-order valence-electron chi connectivity index (χ2n) is 2.89. The largest absolute Gasteiger partial charge is 0.240 e. The molecule has 14 heavy (non-hydrogen) atoms. The standard InChI is InChI=1S/C10H7Br2NS/c1-6-9(12)14-10(13-6)7-2-4-8(11)5-3-7/h2-5H,1H3. The molecular weight excluding hydrogens is 326 g/mol. The van der Waals surface area contributed by atoms with Crippen LogP contribution in [0.3, 0.4) is 0 Å². The SMILES string of the molecule is Cc1nc(-c2ccc(Br)cc2)sc1Br. The Labute approximate surface area is 103 Å². The van der Waals surface area contributed by atoms with Crippen LogP contribution >= 0.6 is 43.2 Å². The molecule has 2 rings (SSSR count). The summed E-state index contributed by atoms with van der Waals surface area (Å²) < 4.78 is 2.20. The quantitative estimate of drug-likeness (QED) is 0.741. The number of halogens is 2. The van der Waals surface area contributed by atoms with Gasteiger partial charge in [-0.3, -0.25) is 0 Å². The summed E-state index contributed by atoms with van der Waals surface area (Å²) in [6.45, 7) is 2.00.